The van der Waals surface area contributed by atoms with Crippen LogP contribution in [0.1, 0.15) is 16.4 Å². The van der Waals surface area contributed by atoms with Crippen molar-refractivity contribution in [2.45, 2.75) is 20.8 Å². The largest absolute Gasteiger partial charge is 0.344 e. The van der Waals surface area contributed by atoms with Crippen LogP contribution in [0.5, 0.6) is 0 Å². The van der Waals surface area contributed by atoms with Crippen LogP contribution in [0, 0.1) is 31.0 Å². The fourth-order valence-corrected chi connectivity index (χ4v) is 4.37. The van der Waals surface area contributed by atoms with Gasteiger partial charge in [-0.1, -0.05) is 0 Å². The number of fused-ring (bicyclic) bond motifs is 3. The van der Waals surface area contributed by atoms with E-state index < -0.39 is 10.2 Å². The van der Waals surface area contributed by atoms with E-state index in [1.165, 1.54) is 24.4 Å². The minimum absolute atomic E-state index is 0.991. The van der Waals surface area contributed by atoms with Gasteiger partial charge in [0.05, 0.1) is 18.5 Å². The first-order valence-electron chi connectivity index (χ1n) is 5.50. The van der Waals surface area contributed by atoms with Gasteiger partial charge in [-0.15, -0.1) is 32.9 Å². The molecular weight excluding hydrogens is 324 g/mol. The number of rotatable bonds is 0. The summed E-state index contributed by atoms with van der Waals surface area (Å²) in [6.07, 6.45) is 0. The zero-order valence-corrected chi connectivity index (χ0v) is 13.3. The lowest BCUT2D eigenvalue weighted by Crippen LogP contribution is -2.68. The molecule has 108 valence electrons. The van der Waals surface area contributed by atoms with Gasteiger partial charge in [0.1, 0.15) is 4.70 Å². The molecule has 0 N–H and O–H groups in total. The zero-order valence-electron chi connectivity index (χ0n) is 10.9. The molecule has 20 heavy (non-hydrogen) atoms. The van der Waals surface area contributed by atoms with E-state index in [9.17, 15) is 0 Å². The van der Waals surface area contributed by atoms with Crippen LogP contribution < -0.4 is 18.6 Å². The predicted octanol–water partition coefficient (Wildman–Crippen LogP) is 0.159. The molecule has 0 aromatic carbocycles. The van der Waals surface area contributed by atoms with Gasteiger partial charge in [0.2, 0.25) is 0 Å². The fourth-order valence-electron chi connectivity index (χ4n) is 1.94. The van der Waals surface area contributed by atoms with Gasteiger partial charge >= 0.3 is 11.5 Å². The number of hydrogen-bond donors (Lipinski definition) is 0. The van der Waals surface area contributed by atoms with Crippen molar-refractivity contribution < 1.29 is 33.3 Å². The Bertz CT molecular complexity index is 750. The second-order valence-corrected chi connectivity index (χ2v) is 7.25. The third kappa shape index (κ3) is 3.64. The van der Waals surface area contributed by atoms with Gasteiger partial charge in [0, 0.05) is 21.0 Å². The lowest BCUT2D eigenvalue weighted by molar-refractivity contribution is -2.00. The van der Waals surface area contributed by atoms with E-state index in [-0.39, 0.29) is 0 Å². The maximum atomic E-state index is 8.49. The highest BCUT2D eigenvalue weighted by atomic mass is 35.7. The van der Waals surface area contributed by atoms with Crippen molar-refractivity contribution in [3.05, 3.63) is 28.5 Å². The normalized spacial score (nSPS) is 11.8. The molecule has 3 aromatic heterocycles. The number of aryl methyl sites for hydroxylation is 3. The van der Waals surface area contributed by atoms with Crippen molar-refractivity contribution in [3.8, 4) is 0 Å². The van der Waals surface area contributed by atoms with Crippen molar-refractivity contribution in [1.82, 2.24) is 0 Å². The molecule has 8 heteroatoms. The number of halogens is 1. The number of hydrogen-bond acceptors (Lipinski definition) is 6. The molecule has 0 spiro atoms. The molecule has 3 aromatic rings. The maximum absolute atomic E-state index is 8.49. The summed E-state index contributed by atoms with van der Waals surface area (Å²) in [5.74, 6) is 2.03. The average Bonchev–Trinajstić information content (AvgIpc) is 2.73. The summed E-state index contributed by atoms with van der Waals surface area (Å²) in [5.41, 5.74) is 0. The molecule has 3 rings (SSSR count). The third-order valence-corrected chi connectivity index (χ3v) is 4.97. The highest BCUT2D eigenvalue weighted by Crippen LogP contribution is 2.40. The molecule has 0 unspecified atom stereocenters. The van der Waals surface area contributed by atoms with Crippen molar-refractivity contribution in [2.24, 2.45) is 0 Å². The van der Waals surface area contributed by atoms with Crippen LogP contribution in [0.15, 0.2) is 16.5 Å². The molecule has 0 aliphatic rings. The fraction of sp³-hybridized carbons (Fsp3) is 0.250. The SMILES string of the molecule is Cc1cc2c(sc3cc(C)sc32)c(C)[o+]1.[O-][Cl+3]([O-])([O-])[O-]. The summed E-state index contributed by atoms with van der Waals surface area (Å²) in [6.45, 7) is 6.22. The summed E-state index contributed by atoms with van der Waals surface area (Å²) in [6, 6.07) is 4.41. The first kappa shape index (κ1) is 15.6. The molecule has 0 radical (unpaired) electrons. The monoisotopic (exact) mass is 334 g/mol. The maximum Gasteiger partial charge on any atom is 0.344 e. The molecule has 3 heterocycles. The van der Waals surface area contributed by atoms with E-state index in [1.807, 2.05) is 36.5 Å². The van der Waals surface area contributed by atoms with Gasteiger partial charge in [0.15, 0.2) is 0 Å². The topological polar surface area (TPSA) is 104 Å². The molecule has 0 fully saturated rings. The molecule has 0 atom stereocenters. The summed E-state index contributed by atoms with van der Waals surface area (Å²) in [4.78, 5) is 1.38. The predicted molar refractivity (Wildman–Crippen MR) is 68.1 cm³/mol. The van der Waals surface area contributed by atoms with Crippen molar-refractivity contribution in [3.63, 3.8) is 0 Å². The Morgan fingerprint density at radius 2 is 1.55 bits per heavy atom. The third-order valence-electron chi connectivity index (χ3n) is 2.50. The van der Waals surface area contributed by atoms with E-state index in [1.54, 1.807) is 0 Å². The standard InChI is InChI=1S/C12H11OS2.ClHO4/c1-6-4-9-11(8(3)13-6)15-10-5-7(2)14-12(9)10;2-1(3,4)5/h4-5H,1-3H3;(H,2,3,4,5)/q+1;/p-1. The van der Waals surface area contributed by atoms with Gasteiger partial charge in [-0.05, 0) is 13.0 Å². The van der Waals surface area contributed by atoms with Crippen LogP contribution in [-0.2, 0) is 0 Å². The van der Waals surface area contributed by atoms with Crippen molar-refractivity contribution in [1.29, 1.82) is 0 Å². The molecule has 0 saturated carbocycles. The summed E-state index contributed by atoms with van der Waals surface area (Å²) < 4.78 is 43.7. The zero-order chi connectivity index (χ0) is 15.1. The Morgan fingerprint density at radius 1 is 0.950 bits per heavy atom. The average molecular weight is 335 g/mol. The Balaban J connectivity index is 0.000000257. The Labute approximate surface area is 125 Å². The minimum Gasteiger partial charge on any atom is -0.222 e. The molecule has 0 bridgehead atoms. The summed E-state index contributed by atoms with van der Waals surface area (Å²) in [5, 5.41) is 1.36. The van der Waals surface area contributed by atoms with Crippen LogP contribution in [0.25, 0.3) is 19.5 Å². The second kappa shape index (κ2) is 5.53. The summed E-state index contributed by atoms with van der Waals surface area (Å²) in [7, 11) is -4.94. The van der Waals surface area contributed by atoms with Gasteiger partial charge in [-0.2, -0.15) is 0 Å². The van der Waals surface area contributed by atoms with Crippen LogP contribution in [-0.4, -0.2) is 0 Å². The van der Waals surface area contributed by atoms with E-state index in [0.29, 0.717) is 0 Å². The van der Waals surface area contributed by atoms with E-state index >= 15 is 0 Å². The Kier molecular flexibility index (Phi) is 4.31. The smallest absolute Gasteiger partial charge is 0.222 e. The number of thiophene rings is 2. The Hall–Kier alpha value is -0.800. The summed E-state index contributed by atoms with van der Waals surface area (Å²) >= 11 is 3.71. The molecule has 0 aliphatic carbocycles. The van der Waals surface area contributed by atoms with Gasteiger partial charge in [0.25, 0.3) is 0 Å². The van der Waals surface area contributed by atoms with Gasteiger partial charge in [-0.3, -0.25) is 0 Å². The highest BCUT2D eigenvalue weighted by Gasteiger charge is 2.17. The lowest BCUT2D eigenvalue weighted by atomic mass is 10.2. The van der Waals surface area contributed by atoms with Crippen molar-refractivity contribution >= 4 is 42.2 Å². The molecule has 0 saturated heterocycles. The lowest BCUT2D eigenvalue weighted by Gasteiger charge is -2.17. The van der Waals surface area contributed by atoms with E-state index in [2.05, 4.69) is 19.1 Å². The van der Waals surface area contributed by atoms with Crippen LogP contribution >= 0.6 is 22.7 Å². The Morgan fingerprint density at radius 3 is 2.15 bits per heavy atom. The van der Waals surface area contributed by atoms with Crippen molar-refractivity contribution in [2.75, 3.05) is 0 Å². The van der Waals surface area contributed by atoms with E-state index in [0.717, 1.165) is 11.5 Å². The van der Waals surface area contributed by atoms with Gasteiger partial charge < -0.3 is 0 Å². The minimum atomic E-state index is -4.94. The van der Waals surface area contributed by atoms with Crippen LogP contribution in [0.4, 0.5) is 0 Å². The molecule has 0 aliphatic heterocycles. The molecule has 0 amide bonds. The van der Waals surface area contributed by atoms with Crippen LogP contribution in [0.3, 0.4) is 0 Å². The van der Waals surface area contributed by atoms with Crippen LogP contribution in [0.2, 0.25) is 0 Å². The first-order valence-corrected chi connectivity index (χ1v) is 8.36. The highest BCUT2D eigenvalue weighted by molar-refractivity contribution is 7.32. The second-order valence-electron chi connectivity index (χ2n) is 4.19. The van der Waals surface area contributed by atoms with Gasteiger partial charge in [-0.25, -0.2) is 23.1 Å². The quantitative estimate of drug-likeness (QED) is 0.545. The first-order chi connectivity index (χ1) is 9.15. The van der Waals surface area contributed by atoms with E-state index in [4.69, 9.17) is 23.1 Å². The molecule has 5 nitrogen and oxygen atoms in total. The molecular formula is C12H11ClO5S2.